The molecule has 8 heteroatoms. The van der Waals surface area contributed by atoms with Crippen LogP contribution in [0.3, 0.4) is 0 Å². The van der Waals surface area contributed by atoms with E-state index >= 15 is 0 Å². The van der Waals surface area contributed by atoms with Crippen LogP contribution in [0.5, 0.6) is 0 Å². The lowest BCUT2D eigenvalue weighted by molar-refractivity contribution is -0.137. The van der Waals surface area contributed by atoms with E-state index in [0.717, 1.165) is 22.9 Å². The number of benzene rings is 2. The lowest BCUT2D eigenvalue weighted by Gasteiger charge is -2.24. The van der Waals surface area contributed by atoms with Crippen molar-refractivity contribution in [1.29, 1.82) is 0 Å². The van der Waals surface area contributed by atoms with Crippen molar-refractivity contribution in [3.63, 3.8) is 0 Å². The molecular formula is C24H19F3N4O. The number of carbonyl (C=O) groups excluding carboxylic acids is 1. The number of nitrogens with zero attached hydrogens (tertiary/aromatic N) is 4. The first-order chi connectivity index (χ1) is 15.3. The zero-order valence-corrected chi connectivity index (χ0v) is 17.2. The minimum atomic E-state index is -4.70. The predicted octanol–water partition coefficient (Wildman–Crippen LogP) is 5.21. The largest absolute Gasteiger partial charge is 0.417 e. The topological polar surface area (TPSA) is 43.1 Å². The van der Waals surface area contributed by atoms with Crippen LogP contribution in [0.15, 0.2) is 73.2 Å². The Morgan fingerprint density at radius 2 is 1.84 bits per heavy atom. The van der Waals surface area contributed by atoms with Crippen LogP contribution in [0.25, 0.3) is 5.69 Å². The molecule has 1 aliphatic heterocycles. The number of aromatic nitrogens is 3. The highest BCUT2D eigenvalue weighted by molar-refractivity contribution is 6.07. The van der Waals surface area contributed by atoms with Crippen molar-refractivity contribution >= 4 is 11.6 Å². The number of para-hydroxylation sites is 1. The van der Waals surface area contributed by atoms with Crippen LogP contribution in [0.2, 0.25) is 0 Å². The van der Waals surface area contributed by atoms with Gasteiger partial charge in [0.2, 0.25) is 0 Å². The van der Waals surface area contributed by atoms with Crippen LogP contribution in [-0.4, -0.2) is 20.3 Å². The van der Waals surface area contributed by atoms with Crippen molar-refractivity contribution in [3.05, 3.63) is 101 Å². The number of fused-ring (bicyclic) bond motifs is 2. The first-order valence-corrected chi connectivity index (χ1v) is 10.1. The van der Waals surface area contributed by atoms with Crippen molar-refractivity contribution in [2.45, 2.75) is 26.2 Å². The van der Waals surface area contributed by atoms with Gasteiger partial charge in [0.1, 0.15) is 0 Å². The molecule has 5 rings (SSSR count). The van der Waals surface area contributed by atoms with Gasteiger partial charge < -0.3 is 9.47 Å². The van der Waals surface area contributed by atoms with Crippen molar-refractivity contribution in [2.75, 3.05) is 4.90 Å². The van der Waals surface area contributed by atoms with Crippen LogP contribution in [0.1, 0.15) is 32.7 Å². The Morgan fingerprint density at radius 3 is 2.59 bits per heavy atom. The highest BCUT2D eigenvalue weighted by atomic mass is 19.4. The summed E-state index contributed by atoms with van der Waals surface area (Å²) >= 11 is 0. The maximum atomic E-state index is 14.0. The van der Waals surface area contributed by atoms with E-state index < -0.39 is 17.6 Å². The molecule has 0 saturated heterocycles. The monoisotopic (exact) mass is 436 g/mol. The number of aryl methyl sites for hydroxylation is 1. The van der Waals surface area contributed by atoms with Gasteiger partial charge in [-0.05, 0) is 54.4 Å². The number of hydrogen-bond donors (Lipinski definition) is 0. The van der Waals surface area contributed by atoms with Crippen LogP contribution >= 0.6 is 0 Å². The van der Waals surface area contributed by atoms with E-state index in [4.69, 9.17) is 0 Å². The summed E-state index contributed by atoms with van der Waals surface area (Å²) in [4.78, 5) is 15.0. The third-order valence-corrected chi connectivity index (χ3v) is 5.63. The molecule has 3 heterocycles. The molecule has 0 aliphatic carbocycles. The van der Waals surface area contributed by atoms with Gasteiger partial charge >= 0.3 is 6.18 Å². The van der Waals surface area contributed by atoms with Gasteiger partial charge in [-0.25, -0.2) is 4.68 Å². The zero-order chi connectivity index (χ0) is 22.5. The molecule has 0 atom stereocenters. The number of rotatable bonds is 2. The Morgan fingerprint density at radius 1 is 1.03 bits per heavy atom. The third kappa shape index (κ3) is 3.47. The SMILES string of the molecule is Cc1cnn(-c2ccc(C(=O)N3Cc4cccn4Cc4ccccc43)c(C(F)(F)F)c2)c1. The van der Waals surface area contributed by atoms with Gasteiger partial charge in [0, 0.05) is 30.3 Å². The highest BCUT2D eigenvalue weighted by Crippen LogP contribution is 2.36. The lowest BCUT2D eigenvalue weighted by atomic mass is 10.0. The molecule has 1 aliphatic rings. The average Bonchev–Trinajstić information content (AvgIpc) is 3.36. The van der Waals surface area contributed by atoms with Gasteiger partial charge in [0.25, 0.3) is 5.91 Å². The number of alkyl halides is 3. The Balaban J connectivity index is 1.62. The van der Waals surface area contributed by atoms with E-state index in [9.17, 15) is 18.0 Å². The molecule has 0 N–H and O–H groups in total. The fourth-order valence-electron chi connectivity index (χ4n) is 4.06. The summed E-state index contributed by atoms with van der Waals surface area (Å²) in [5, 5.41) is 4.09. The summed E-state index contributed by atoms with van der Waals surface area (Å²) < 4.78 is 45.5. The van der Waals surface area contributed by atoms with Gasteiger partial charge in [-0.1, -0.05) is 18.2 Å². The van der Waals surface area contributed by atoms with E-state index in [2.05, 4.69) is 5.10 Å². The minimum absolute atomic E-state index is 0.181. The summed E-state index contributed by atoms with van der Waals surface area (Å²) in [7, 11) is 0. The first-order valence-electron chi connectivity index (χ1n) is 10.1. The molecular weight excluding hydrogens is 417 g/mol. The summed E-state index contributed by atoms with van der Waals surface area (Å²) in [5.41, 5.74) is 2.03. The highest BCUT2D eigenvalue weighted by Gasteiger charge is 2.37. The zero-order valence-electron chi connectivity index (χ0n) is 17.2. The van der Waals surface area contributed by atoms with Crippen LogP contribution in [0, 0.1) is 6.92 Å². The third-order valence-electron chi connectivity index (χ3n) is 5.63. The summed E-state index contributed by atoms with van der Waals surface area (Å²) in [6, 6.07) is 14.8. The molecule has 2 aromatic carbocycles. The average molecular weight is 436 g/mol. The molecule has 0 saturated carbocycles. The van der Waals surface area contributed by atoms with Gasteiger partial charge in [-0.3, -0.25) is 4.79 Å². The van der Waals surface area contributed by atoms with Crippen molar-refractivity contribution in [3.8, 4) is 5.69 Å². The molecule has 5 nitrogen and oxygen atoms in total. The van der Waals surface area contributed by atoms with E-state index in [0.29, 0.717) is 12.2 Å². The summed E-state index contributed by atoms with van der Waals surface area (Å²) in [6.45, 7) is 2.53. The quantitative estimate of drug-likeness (QED) is 0.433. The Hall–Kier alpha value is -3.81. The van der Waals surface area contributed by atoms with Crippen LogP contribution in [0.4, 0.5) is 18.9 Å². The second-order valence-corrected chi connectivity index (χ2v) is 7.84. The molecule has 0 fully saturated rings. The summed E-state index contributed by atoms with van der Waals surface area (Å²) in [6.07, 6.45) is 0.405. The number of halogens is 3. The van der Waals surface area contributed by atoms with Gasteiger partial charge in [0.15, 0.2) is 0 Å². The number of carbonyl (C=O) groups is 1. The van der Waals surface area contributed by atoms with Crippen LogP contribution in [-0.2, 0) is 19.3 Å². The lowest BCUT2D eigenvalue weighted by Crippen LogP contribution is -2.32. The van der Waals surface area contributed by atoms with Crippen LogP contribution < -0.4 is 4.90 Å². The molecule has 0 spiro atoms. The maximum Gasteiger partial charge on any atom is 0.417 e. The smallest absolute Gasteiger partial charge is 0.345 e. The second-order valence-electron chi connectivity index (χ2n) is 7.84. The van der Waals surface area contributed by atoms with Crippen molar-refractivity contribution in [2.24, 2.45) is 0 Å². The molecule has 162 valence electrons. The Kier molecular flexibility index (Phi) is 4.65. The molecule has 1 amide bonds. The molecule has 4 aromatic rings. The van der Waals surface area contributed by atoms with Crippen molar-refractivity contribution < 1.29 is 18.0 Å². The van der Waals surface area contributed by atoms with E-state index in [1.54, 1.807) is 31.5 Å². The van der Waals surface area contributed by atoms with Gasteiger partial charge in [-0.2, -0.15) is 18.3 Å². The standard InChI is InChI=1S/C24H19F3N4O/c1-16-12-28-31(13-16)18-8-9-20(21(11-18)24(25,26)27)23(32)30-15-19-6-4-10-29(19)14-17-5-2-3-7-22(17)30/h2-13H,14-15H2,1H3. The molecule has 0 unspecified atom stereocenters. The normalized spacial score (nSPS) is 13.4. The number of amides is 1. The molecule has 0 bridgehead atoms. The second kappa shape index (κ2) is 7.40. The predicted molar refractivity (Wildman–Crippen MR) is 114 cm³/mol. The van der Waals surface area contributed by atoms with E-state index in [1.165, 1.54) is 21.7 Å². The number of hydrogen-bond acceptors (Lipinski definition) is 2. The first kappa shape index (κ1) is 20.1. The molecule has 0 radical (unpaired) electrons. The minimum Gasteiger partial charge on any atom is -0.345 e. The Labute approximate surface area is 182 Å². The number of anilines is 1. The molecule has 2 aromatic heterocycles. The summed E-state index contributed by atoms with van der Waals surface area (Å²) in [5.74, 6) is -0.692. The fourth-order valence-corrected chi connectivity index (χ4v) is 4.06. The van der Waals surface area contributed by atoms with E-state index in [1.807, 2.05) is 35.0 Å². The van der Waals surface area contributed by atoms with Gasteiger partial charge in [-0.15, -0.1) is 0 Å². The molecule has 32 heavy (non-hydrogen) atoms. The maximum absolute atomic E-state index is 14.0. The van der Waals surface area contributed by atoms with Gasteiger partial charge in [0.05, 0.1) is 29.6 Å². The van der Waals surface area contributed by atoms with Crippen molar-refractivity contribution in [1.82, 2.24) is 14.3 Å². The fraction of sp³-hybridized carbons (Fsp3) is 0.167. The van der Waals surface area contributed by atoms with E-state index in [-0.39, 0.29) is 17.8 Å². The Bertz CT molecular complexity index is 1320.